The van der Waals surface area contributed by atoms with E-state index in [0.29, 0.717) is 11.4 Å². The molecule has 4 nitrogen and oxygen atoms in total. The monoisotopic (exact) mass is 221 g/mol. The van der Waals surface area contributed by atoms with Gasteiger partial charge in [0.05, 0.1) is 12.8 Å². The summed E-state index contributed by atoms with van der Waals surface area (Å²) in [4.78, 5) is 0. The van der Waals surface area contributed by atoms with Crippen molar-refractivity contribution in [3.8, 4) is 11.1 Å². The normalized spacial score (nSPS) is 10.6. The lowest BCUT2D eigenvalue weighted by Gasteiger charge is -2.05. The molecular weight excluding hydrogens is 209 g/mol. The Morgan fingerprint density at radius 2 is 2.31 bits per heavy atom. The van der Waals surface area contributed by atoms with E-state index in [1.54, 1.807) is 18.3 Å². The van der Waals surface area contributed by atoms with Crippen LogP contribution in [-0.4, -0.2) is 17.3 Å². The number of H-pyrrole nitrogens is 1. The Labute approximate surface area is 92.2 Å². The maximum atomic E-state index is 13.4. The number of nitrogens with zero attached hydrogens (tertiary/aromatic N) is 1. The van der Waals surface area contributed by atoms with Crippen LogP contribution >= 0.6 is 0 Å². The predicted molar refractivity (Wildman–Crippen MR) is 59.1 cm³/mol. The van der Waals surface area contributed by atoms with Gasteiger partial charge in [-0.25, -0.2) is 4.39 Å². The third-order valence-electron chi connectivity index (χ3n) is 2.33. The lowest BCUT2D eigenvalue weighted by molar-refractivity contribution is 0.181. The highest BCUT2D eigenvalue weighted by Crippen LogP contribution is 2.25. The SMILES string of the molecule is COCc1cc(-c2cn[nH]c2N)ccc1F. The Kier molecular flexibility index (Phi) is 2.87. The molecule has 0 spiro atoms. The number of nitrogen functional groups attached to an aromatic ring is 1. The Morgan fingerprint density at radius 1 is 1.50 bits per heavy atom. The van der Waals surface area contributed by atoms with Crippen LogP contribution < -0.4 is 5.73 Å². The van der Waals surface area contributed by atoms with Crippen LogP contribution in [0.25, 0.3) is 11.1 Å². The molecule has 1 aromatic carbocycles. The molecule has 0 aliphatic rings. The van der Waals surface area contributed by atoms with E-state index >= 15 is 0 Å². The summed E-state index contributed by atoms with van der Waals surface area (Å²) in [5.74, 6) is 0.183. The van der Waals surface area contributed by atoms with E-state index in [9.17, 15) is 4.39 Å². The Balaban J connectivity index is 2.43. The van der Waals surface area contributed by atoms with Gasteiger partial charge in [0.2, 0.25) is 0 Å². The third kappa shape index (κ3) is 1.90. The molecule has 0 amide bonds. The number of nitrogens with one attached hydrogen (secondary N) is 1. The minimum absolute atomic E-state index is 0.234. The van der Waals surface area contributed by atoms with E-state index in [1.165, 1.54) is 13.2 Å². The first-order chi connectivity index (χ1) is 7.72. The second-order valence-electron chi connectivity index (χ2n) is 3.44. The van der Waals surface area contributed by atoms with Crippen molar-refractivity contribution in [2.75, 3.05) is 12.8 Å². The van der Waals surface area contributed by atoms with Crippen LogP contribution in [0.15, 0.2) is 24.4 Å². The number of methoxy groups -OCH3 is 1. The first-order valence-electron chi connectivity index (χ1n) is 4.79. The maximum absolute atomic E-state index is 13.4. The number of hydrogen-bond acceptors (Lipinski definition) is 3. The molecule has 0 aliphatic carbocycles. The standard InChI is InChI=1S/C11H12FN3O/c1-16-6-8-4-7(2-3-10(8)12)9-5-14-15-11(9)13/h2-5H,6H2,1H3,(H3,13,14,15). The van der Waals surface area contributed by atoms with E-state index in [-0.39, 0.29) is 12.4 Å². The molecule has 0 unspecified atom stereocenters. The molecule has 0 radical (unpaired) electrons. The largest absolute Gasteiger partial charge is 0.384 e. The molecule has 0 aliphatic heterocycles. The van der Waals surface area contributed by atoms with Gasteiger partial charge in [0.15, 0.2) is 0 Å². The number of benzene rings is 1. The third-order valence-corrected chi connectivity index (χ3v) is 2.33. The fourth-order valence-corrected chi connectivity index (χ4v) is 1.53. The van der Waals surface area contributed by atoms with Crippen molar-refractivity contribution in [3.05, 3.63) is 35.8 Å². The average molecular weight is 221 g/mol. The highest BCUT2D eigenvalue weighted by Gasteiger charge is 2.08. The molecule has 3 N–H and O–H groups in total. The van der Waals surface area contributed by atoms with Crippen LogP contribution in [0.3, 0.4) is 0 Å². The molecule has 0 atom stereocenters. The van der Waals surface area contributed by atoms with Crippen molar-refractivity contribution in [3.63, 3.8) is 0 Å². The second-order valence-corrected chi connectivity index (χ2v) is 3.44. The number of aromatic amines is 1. The second kappa shape index (κ2) is 4.32. The van der Waals surface area contributed by atoms with Gasteiger partial charge < -0.3 is 10.5 Å². The molecule has 0 bridgehead atoms. The lowest BCUT2D eigenvalue weighted by atomic mass is 10.1. The summed E-state index contributed by atoms with van der Waals surface area (Å²) < 4.78 is 18.3. The maximum Gasteiger partial charge on any atom is 0.128 e. The van der Waals surface area contributed by atoms with E-state index in [0.717, 1.165) is 11.1 Å². The number of ether oxygens (including phenoxy) is 1. The van der Waals surface area contributed by atoms with Gasteiger partial charge in [-0.15, -0.1) is 0 Å². The number of hydrogen-bond donors (Lipinski definition) is 2. The first kappa shape index (κ1) is 10.6. The van der Waals surface area contributed by atoms with Gasteiger partial charge in [0.1, 0.15) is 11.6 Å². The molecule has 2 rings (SSSR count). The molecule has 5 heteroatoms. The van der Waals surface area contributed by atoms with Crippen LogP contribution in [0.1, 0.15) is 5.56 Å². The van der Waals surface area contributed by atoms with Gasteiger partial charge in [-0.05, 0) is 17.7 Å². The van der Waals surface area contributed by atoms with E-state index in [2.05, 4.69) is 10.2 Å². The van der Waals surface area contributed by atoms with Gasteiger partial charge in [0.25, 0.3) is 0 Å². The van der Waals surface area contributed by atoms with E-state index in [1.807, 2.05) is 0 Å². The van der Waals surface area contributed by atoms with E-state index in [4.69, 9.17) is 10.5 Å². The minimum atomic E-state index is -0.285. The zero-order chi connectivity index (χ0) is 11.5. The molecular formula is C11H12FN3O. The van der Waals surface area contributed by atoms with Crippen LogP contribution in [0.5, 0.6) is 0 Å². The zero-order valence-corrected chi connectivity index (χ0v) is 8.83. The predicted octanol–water partition coefficient (Wildman–Crippen LogP) is 1.94. The van der Waals surface area contributed by atoms with Crippen molar-refractivity contribution in [1.29, 1.82) is 0 Å². The highest BCUT2D eigenvalue weighted by atomic mass is 19.1. The van der Waals surface area contributed by atoms with Crippen LogP contribution in [-0.2, 0) is 11.3 Å². The molecule has 1 heterocycles. The Hall–Kier alpha value is -1.88. The quantitative estimate of drug-likeness (QED) is 0.832. The smallest absolute Gasteiger partial charge is 0.128 e. The van der Waals surface area contributed by atoms with Crippen molar-refractivity contribution in [2.24, 2.45) is 0 Å². The number of rotatable bonds is 3. The van der Waals surface area contributed by atoms with Gasteiger partial charge >= 0.3 is 0 Å². The van der Waals surface area contributed by atoms with Crippen LogP contribution in [0.4, 0.5) is 10.2 Å². The number of halogens is 1. The van der Waals surface area contributed by atoms with Gasteiger partial charge in [-0.2, -0.15) is 5.10 Å². The first-order valence-corrected chi connectivity index (χ1v) is 4.79. The van der Waals surface area contributed by atoms with Crippen LogP contribution in [0, 0.1) is 5.82 Å². The summed E-state index contributed by atoms with van der Waals surface area (Å²) in [5.41, 5.74) is 7.77. The number of nitrogens with two attached hydrogens (primary N) is 1. The summed E-state index contributed by atoms with van der Waals surface area (Å²) in [7, 11) is 1.53. The fraction of sp³-hybridized carbons (Fsp3) is 0.182. The van der Waals surface area contributed by atoms with Crippen molar-refractivity contribution < 1.29 is 9.13 Å². The summed E-state index contributed by atoms with van der Waals surface area (Å²) in [6, 6.07) is 4.77. The molecule has 0 saturated heterocycles. The summed E-state index contributed by atoms with van der Waals surface area (Å²) in [6.45, 7) is 0.234. The summed E-state index contributed by atoms with van der Waals surface area (Å²) in [5, 5.41) is 6.46. The Morgan fingerprint density at radius 3 is 2.94 bits per heavy atom. The summed E-state index contributed by atoms with van der Waals surface area (Å²) in [6.07, 6.45) is 1.61. The van der Waals surface area contributed by atoms with E-state index < -0.39 is 0 Å². The highest BCUT2D eigenvalue weighted by molar-refractivity contribution is 5.73. The molecule has 0 saturated carbocycles. The number of anilines is 1. The van der Waals surface area contributed by atoms with Gasteiger partial charge in [-0.1, -0.05) is 6.07 Å². The molecule has 0 fully saturated rings. The minimum Gasteiger partial charge on any atom is -0.384 e. The molecule has 16 heavy (non-hydrogen) atoms. The van der Waals surface area contributed by atoms with Crippen LogP contribution in [0.2, 0.25) is 0 Å². The molecule has 1 aromatic heterocycles. The zero-order valence-electron chi connectivity index (χ0n) is 8.83. The van der Waals surface area contributed by atoms with Crippen molar-refractivity contribution in [2.45, 2.75) is 6.61 Å². The lowest BCUT2D eigenvalue weighted by Crippen LogP contribution is -1.94. The van der Waals surface area contributed by atoms with Crippen molar-refractivity contribution in [1.82, 2.24) is 10.2 Å². The number of aromatic nitrogens is 2. The topological polar surface area (TPSA) is 63.9 Å². The van der Waals surface area contributed by atoms with Crippen molar-refractivity contribution >= 4 is 5.82 Å². The average Bonchev–Trinajstić information content (AvgIpc) is 2.68. The van der Waals surface area contributed by atoms with Gasteiger partial charge in [0, 0.05) is 18.2 Å². The van der Waals surface area contributed by atoms with Gasteiger partial charge in [-0.3, -0.25) is 5.10 Å². The fourth-order valence-electron chi connectivity index (χ4n) is 1.53. The molecule has 84 valence electrons. The Bertz CT molecular complexity index is 496. The molecule has 2 aromatic rings. The summed E-state index contributed by atoms with van der Waals surface area (Å²) >= 11 is 0.